The smallest absolute Gasteiger partial charge is 0.262 e. The van der Waals surface area contributed by atoms with E-state index in [9.17, 15) is 4.79 Å². The van der Waals surface area contributed by atoms with E-state index in [1.807, 2.05) is 31.2 Å². The van der Waals surface area contributed by atoms with E-state index in [1.54, 1.807) is 16.8 Å². The molecule has 0 bridgehead atoms. The summed E-state index contributed by atoms with van der Waals surface area (Å²) in [6.45, 7) is 5.05. The van der Waals surface area contributed by atoms with Gasteiger partial charge in [-0.3, -0.25) is 4.79 Å². The SMILES string of the molecule is CCCCn1nnnc1NCc1cc(OC)c(OCC(=O)Nc2ccc(C)cc2)cc1Cl. The molecule has 0 aliphatic heterocycles. The lowest BCUT2D eigenvalue weighted by molar-refractivity contribution is -0.118. The van der Waals surface area contributed by atoms with E-state index in [4.69, 9.17) is 21.1 Å². The molecule has 1 aromatic heterocycles. The number of unbranched alkanes of at least 4 members (excludes halogenated alkanes) is 1. The van der Waals surface area contributed by atoms with E-state index < -0.39 is 0 Å². The second kappa shape index (κ2) is 11.3. The highest BCUT2D eigenvalue weighted by Crippen LogP contribution is 2.33. The van der Waals surface area contributed by atoms with Gasteiger partial charge in [-0.2, -0.15) is 0 Å². The van der Waals surface area contributed by atoms with Crippen molar-refractivity contribution in [2.45, 2.75) is 39.8 Å². The van der Waals surface area contributed by atoms with Gasteiger partial charge < -0.3 is 20.1 Å². The number of benzene rings is 2. The standard InChI is InChI=1S/C22H27ClN6O3/c1-4-5-10-29-22(26-27-28-29)24-13-16-11-19(31-3)20(12-18(16)23)32-14-21(30)25-17-8-6-15(2)7-9-17/h6-9,11-12H,4-5,10,13-14H2,1-3H3,(H,25,30)(H,24,26,28). The zero-order valence-corrected chi connectivity index (χ0v) is 19.1. The van der Waals surface area contributed by atoms with Gasteiger partial charge in [-0.05, 0) is 47.5 Å². The van der Waals surface area contributed by atoms with Crippen LogP contribution < -0.4 is 20.1 Å². The number of nitrogens with zero attached hydrogens (tertiary/aromatic N) is 4. The van der Waals surface area contributed by atoms with Crippen molar-refractivity contribution in [1.29, 1.82) is 0 Å². The molecule has 1 amide bonds. The summed E-state index contributed by atoms with van der Waals surface area (Å²) in [5, 5.41) is 18.2. The lowest BCUT2D eigenvalue weighted by Crippen LogP contribution is -2.20. The number of nitrogens with one attached hydrogen (secondary N) is 2. The Labute approximate surface area is 192 Å². The Kier molecular flexibility index (Phi) is 8.27. The molecule has 10 heteroatoms. The fourth-order valence-corrected chi connectivity index (χ4v) is 3.15. The van der Waals surface area contributed by atoms with Gasteiger partial charge in [0.25, 0.3) is 5.91 Å². The number of hydrogen-bond donors (Lipinski definition) is 2. The van der Waals surface area contributed by atoms with Crippen LogP contribution in [0, 0.1) is 6.92 Å². The first-order valence-corrected chi connectivity index (χ1v) is 10.7. The van der Waals surface area contributed by atoms with Gasteiger partial charge in [-0.15, -0.1) is 0 Å². The third-order valence-corrected chi connectivity index (χ3v) is 5.07. The number of amides is 1. The Bertz CT molecular complexity index is 1040. The molecule has 1 heterocycles. The number of aromatic nitrogens is 4. The number of anilines is 2. The molecule has 0 spiro atoms. The number of carbonyl (C=O) groups excluding carboxylic acids is 1. The van der Waals surface area contributed by atoms with Crippen molar-refractivity contribution >= 4 is 29.1 Å². The minimum absolute atomic E-state index is 0.176. The summed E-state index contributed by atoms with van der Waals surface area (Å²) in [6.07, 6.45) is 2.03. The van der Waals surface area contributed by atoms with Crippen LogP contribution in [-0.2, 0) is 17.9 Å². The minimum Gasteiger partial charge on any atom is -0.493 e. The highest BCUT2D eigenvalue weighted by Gasteiger charge is 2.14. The zero-order valence-electron chi connectivity index (χ0n) is 18.4. The number of carbonyl (C=O) groups is 1. The van der Waals surface area contributed by atoms with E-state index in [-0.39, 0.29) is 12.5 Å². The maximum Gasteiger partial charge on any atom is 0.262 e. The molecule has 3 rings (SSSR count). The monoisotopic (exact) mass is 458 g/mol. The molecular formula is C22H27ClN6O3. The molecule has 0 unspecified atom stereocenters. The van der Waals surface area contributed by atoms with E-state index >= 15 is 0 Å². The Balaban J connectivity index is 1.61. The number of tetrazole rings is 1. The summed E-state index contributed by atoms with van der Waals surface area (Å²) in [7, 11) is 1.53. The second-order valence-corrected chi connectivity index (χ2v) is 7.64. The predicted octanol–water partition coefficient (Wildman–Crippen LogP) is 4.07. The van der Waals surface area contributed by atoms with Gasteiger partial charge in [0.05, 0.1) is 7.11 Å². The van der Waals surface area contributed by atoms with E-state index in [2.05, 4.69) is 33.1 Å². The molecule has 0 aliphatic rings. The first-order chi connectivity index (χ1) is 15.5. The summed E-state index contributed by atoms with van der Waals surface area (Å²) < 4.78 is 12.8. The second-order valence-electron chi connectivity index (χ2n) is 7.23. The van der Waals surface area contributed by atoms with E-state index in [0.717, 1.165) is 30.5 Å². The fraction of sp³-hybridized carbons (Fsp3) is 0.364. The molecule has 0 radical (unpaired) electrons. The van der Waals surface area contributed by atoms with E-state index in [0.29, 0.717) is 34.7 Å². The van der Waals surface area contributed by atoms with Gasteiger partial charge in [0.2, 0.25) is 5.95 Å². The van der Waals surface area contributed by atoms with Crippen molar-refractivity contribution in [2.24, 2.45) is 0 Å². The Morgan fingerprint density at radius 2 is 1.97 bits per heavy atom. The van der Waals surface area contributed by atoms with Gasteiger partial charge >= 0.3 is 0 Å². The quantitative estimate of drug-likeness (QED) is 0.446. The first kappa shape index (κ1) is 23.3. The summed E-state index contributed by atoms with van der Waals surface area (Å²) >= 11 is 6.45. The van der Waals surface area contributed by atoms with Crippen molar-refractivity contribution < 1.29 is 14.3 Å². The third kappa shape index (κ3) is 6.34. The van der Waals surface area contributed by atoms with Crippen molar-refractivity contribution in [1.82, 2.24) is 20.2 Å². The maximum absolute atomic E-state index is 12.2. The van der Waals surface area contributed by atoms with Crippen molar-refractivity contribution in [3.8, 4) is 11.5 Å². The van der Waals surface area contributed by atoms with Crippen LogP contribution in [0.4, 0.5) is 11.6 Å². The van der Waals surface area contributed by atoms with Crippen LogP contribution in [-0.4, -0.2) is 39.8 Å². The van der Waals surface area contributed by atoms with Crippen LogP contribution in [0.5, 0.6) is 11.5 Å². The summed E-state index contributed by atoms with van der Waals surface area (Å²) in [4.78, 5) is 12.2. The normalized spacial score (nSPS) is 10.6. The molecule has 32 heavy (non-hydrogen) atoms. The van der Waals surface area contributed by atoms with Gasteiger partial charge in [0.1, 0.15) is 0 Å². The van der Waals surface area contributed by atoms with Gasteiger partial charge in [0.15, 0.2) is 18.1 Å². The van der Waals surface area contributed by atoms with Crippen LogP contribution in [0.2, 0.25) is 5.02 Å². The minimum atomic E-state index is -0.281. The Hall–Kier alpha value is -3.33. The van der Waals surface area contributed by atoms with Crippen LogP contribution in [0.25, 0.3) is 0 Å². The van der Waals surface area contributed by atoms with Gasteiger partial charge in [0, 0.05) is 29.9 Å². The number of aryl methyl sites for hydroxylation is 2. The topological polar surface area (TPSA) is 103 Å². The molecule has 9 nitrogen and oxygen atoms in total. The number of ether oxygens (including phenoxy) is 2. The highest BCUT2D eigenvalue weighted by molar-refractivity contribution is 6.31. The fourth-order valence-electron chi connectivity index (χ4n) is 2.93. The highest BCUT2D eigenvalue weighted by atomic mass is 35.5. The van der Waals surface area contributed by atoms with Gasteiger partial charge in [-0.25, -0.2) is 4.68 Å². The summed E-state index contributed by atoms with van der Waals surface area (Å²) in [5.74, 6) is 1.14. The molecule has 2 N–H and O–H groups in total. The zero-order chi connectivity index (χ0) is 22.9. The third-order valence-electron chi connectivity index (χ3n) is 4.72. The molecule has 3 aromatic rings. The number of methoxy groups -OCH3 is 1. The molecular weight excluding hydrogens is 432 g/mol. The average molecular weight is 459 g/mol. The first-order valence-electron chi connectivity index (χ1n) is 10.4. The predicted molar refractivity (Wildman–Crippen MR) is 123 cm³/mol. The van der Waals surface area contributed by atoms with Crippen LogP contribution in [0.3, 0.4) is 0 Å². The molecule has 0 atom stereocenters. The van der Waals surface area contributed by atoms with Crippen LogP contribution in [0.15, 0.2) is 36.4 Å². The van der Waals surface area contributed by atoms with Crippen molar-refractivity contribution in [3.05, 3.63) is 52.5 Å². The van der Waals surface area contributed by atoms with Crippen LogP contribution in [0.1, 0.15) is 30.9 Å². The van der Waals surface area contributed by atoms with Crippen LogP contribution >= 0.6 is 11.6 Å². The Morgan fingerprint density at radius 1 is 1.19 bits per heavy atom. The molecule has 0 saturated heterocycles. The molecule has 2 aromatic carbocycles. The van der Waals surface area contributed by atoms with Crippen molar-refractivity contribution in [2.75, 3.05) is 24.4 Å². The number of halogens is 1. The number of rotatable bonds is 11. The number of hydrogen-bond acceptors (Lipinski definition) is 7. The van der Waals surface area contributed by atoms with E-state index in [1.165, 1.54) is 7.11 Å². The summed E-state index contributed by atoms with van der Waals surface area (Å²) in [6, 6.07) is 10.9. The van der Waals surface area contributed by atoms with Gasteiger partial charge in [-0.1, -0.05) is 47.7 Å². The lowest BCUT2D eigenvalue weighted by Gasteiger charge is -2.14. The lowest BCUT2D eigenvalue weighted by atomic mass is 10.2. The molecule has 0 aliphatic carbocycles. The molecule has 170 valence electrons. The molecule has 0 fully saturated rings. The average Bonchev–Trinajstić information content (AvgIpc) is 3.24. The summed E-state index contributed by atoms with van der Waals surface area (Å²) in [5.41, 5.74) is 2.60. The Morgan fingerprint density at radius 3 is 2.69 bits per heavy atom. The molecule has 0 saturated carbocycles. The maximum atomic E-state index is 12.2. The van der Waals surface area contributed by atoms with Crippen molar-refractivity contribution in [3.63, 3.8) is 0 Å². The largest absolute Gasteiger partial charge is 0.493 e.